The molecular weight excluding hydrogens is 466 g/mol. The second-order valence-electron chi connectivity index (χ2n) is 12.0. The summed E-state index contributed by atoms with van der Waals surface area (Å²) in [5.41, 5.74) is -4.92. The highest BCUT2D eigenvalue weighted by Gasteiger charge is 2.64. The van der Waals surface area contributed by atoms with Gasteiger partial charge in [-0.05, 0) is 104 Å². The molecule has 11 atom stereocenters. The largest absolute Gasteiger partial charge is 0.393 e. The van der Waals surface area contributed by atoms with Crippen molar-refractivity contribution in [2.24, 2.45) is 52.3 Å². The van der Waals surface area contributed by atoms with E-state index in [1.165, 1.54) is 0 Å². The molecule has 8 heteroatoms. The van der Waals surface area contributed by atoms with Crippen LogP contribution in [0.5, 0.6) is 0 Å². The Kier molecular flexibility index (Phi) is 5.01. The zero-order chi connectivity index (χ0) is 33.9. The minimum atomic E-state index is -5.46. The number of carbonyl (C=O) groups is 1. The van der Waals surface area contributed by atoms with Crippen molar-refractivity contribution in [2.75, 3.05) is 12.2 Å². The summed E-state index contributed by atoms with van der Waals surface area (Å²) in [5, 5.41) is 24.4. The average molecular weight is 523 g/mol. The van der Waals surface area contributed by atoms with Crippen molar-refractivity contribution in [3.8, 4) is 0 Å². The zero-order valence-electron chi connectivity index (χ0n) is 30.0. The quantitative estimate of drug-likeness (QED) is 0.379. The summed E-state index contributed by atoms with van der Waals surface area (Å²) in [6.07, 6.45) is -6.20. The monoisotopic (exact) mass is 522 g/mol. The molecule has 0 aromatic rings. The molecule has 4 aliphatic rings. The number of hydrogen-bond acceptors (Lipinski definition) is 5. The Bertz CT molecular complexity index is 1270. The lowest BCUT2D eigenvalue weighted by molar-refractivity contribution is -0.199. The number of aliphatic hydroxyl groups is 2. The highest BCUT2D eigenvalue weighted by Crippen LogP contribution is 2.69. The molecule has 202 valence electrons. The first-order valence-corrected chi connectivity index (χ1v) is 14.2. The number of carbonyl (C=O) groups excluding carboxylic acids is 1. The van der Waals surface area contributed by atoms with Gasteiger partial charge in [0.15, 0.2) is 0 Å². The van der Waals surface area contributed by atoms with E-state index in [2.05, 4.69) is 6.92 Å². The Morgan fingerprint density at radius 3 is 2.54 bits per heavy atom. The molecule has 4 unspecified atom stereocenters. The van der Waals surface area contributed by atoms with Gasteiger partial charge in [-0.1, -0.05) is 27.7 Å². The standard InChI is InChI=1S/C27H47NO6S/c1-16(5-8-23(30)28-13-14-35(32,33)34)19-6-7-20-24-21(10-12-26(19,20)3)27(4)11-9-18(29)15-22(27)17(2)25(24)31/h16-22,24-25,29,31H,5-15H2,1-4H3,(H,28,30)(H,32,33,34)/t16-,17-,18+,19-,20?,21?,22+,24?,25?,26-,27-/m1/s1/i9D2,13D2,14D2,15D2,18D. The summed E-state index contributed by atoms with van der Waals surface area (Å²) < 4.78 is 105. The Hall–Kier alpha value is -0.700. The number of amides is 1. The summed E-state index contributed by atoms with van der Waals surface area (Å²) in [5.74, 6) is -2.84. The minimum Gasteiger partial charge on any atom is -0.393 e. The first kappa shape index (κ1) is 17.7. The van der Waals surface area contributed by atoms with E-state index in [4.69, 9.17) is 16.9 Å². The molecular formula is C27H47NO6S. The summed E-state index contributed by atoms with van der Waals surface area (Å²) in [4.78, 5) is 12.6. The number of fused-ring (bicyclic) bond motifs is 5. The molecule has 0 aliphatic heterocycles. The van der Waals surface area contributed by atoms with Crippen LogP contribution in [0.25, 0.3) is 0 Å². The van der Waals surface area contributed by atoms with Crippen molar-refractivity contribution in [2.45, 2.75) is 97.6 Å². The third kappa shape index (κ3) is 5.06. The summed E-state index contributed by atoms with van der Waals surface area (Å²) in [7, 11) is -5.46. The van der Waals surface area contributed by atoms with Gasteiger partial charge < -0.3 is 15.5 Å². The van der Waals surface area contributed by atoms with Crippen LogP contribution in [-0.4, -0.2) is 53.5 Å². The number of rotatable bonds is 7. The fourth-order valence-electron chi connectivity index (χ4n) is 8.59. The van der Waals surface area contributed by atoms with Crippen LogP contribution < -0.4 is 5.32 Å². The molecule has 35 heavy (non-hydrogen) atoms. The molecule has 0 spiro atoms. The second kappa shape index (κ2) is 9.88. The van der Waals surface area contributed by atoms with Gasteiger partial charge in [0.25, 0.3) is 10.1 Å². The van der Waals surface area contributed by atoms with E-state index in [0.29, 0.717) is 12.8 Å². The van der Waals surface area contributed by atoms with Crippen molar-refractivity contribution in [1.82, 2.24) is 5.32 Å². The van der Waals surface area contributed by atoms with Crippen molar-refractivity contribution < 1.29 is 40.3 Å². The van der Waals surface area contributed by atoms with Crippen LogP contribution in [-0.2, 0) is 14.9 Å². The first-order valence-electron chi connectivity index (χ1n) is 17.3. The second-order valence-corrected chi connectivity index (χ2v) is 13.1. The van der Waals surface area contributed by atoms with E-state index in [-0.39, 0.29) is 47.8 Å². The number of hydrogen-bond donors (Lipinski definition) is 4. The topological polar surface area (TPSA) is 124 Å². The third-order valence-corrected chi connectivity index (χ3v) is 10.6. The predicted molar refractivity (Wildman–Crippen MR) is 135 cm³/mol. The van der Waals surface area contributed by atoms with Gasteiger partial charge in [0.2, 0.25) is 5.91 Å². The predicted octanol–water partition coefficient (Wildman–Crippen LogP) is 3.64. The SMILES string of the molecule is [2H]C([2H])(NC(=O)CC[C@@H](C)[C@H]1CCC2C3C(O)[C@H](C)[C@@H]4C([2H])([2H])[C@@]([2H])(O)C([2H])([2H])C[C@]4(C)C3CC[C@@]21C)C([2H])([2H])S(=O)(=O)O. The number of aliphatic hydroxyl groups excluding tert-OH is 1. The maximum absolute atomic E-state index is 12.6. The van der Waals surface area contributed by atoms with E-state index in [9.17, 15) is 23.4 Å². The number of nitrogens with one attached hydrogen (secondary N) is 1. The lowest BCUT2D eigenvalue weighted by Crippen LogP contribution is -2.61. The molecule has 4 fully saturated rings. The average Bonchev–Trinajstić information content (AvgIpc) is 3.20. The van der Waals surface area contributed by atoms with Gasteiger partial charge >= 0.3 is 0 Å². The van der Waals surface area contributed by atoms with Gasteiger partial charge in [0, 0.05) is 21.1 Å². The summed E-state index contributed by atoms with van der Waals surface area (Å²) in [6.45, 7) is 4.37. The molecule has 7 nitrogen and oxygen atoms in total. The van der Waals surface area contributed by atoms with Crippen LogP contribution in [0, 0.1) is 52.3 Å². The van der Waals surface area contributed by atoms with Crippen LogP contribution in [0.15, 0.2) is 0 Å². The van der Waals surface area contributed by atoms with Gasteiger partial charge in [0.05, 0.1) is 22.0 Å². The Morgan fingerprint density at radius 1 is 1.17 bits per heavy atom. The molecule has 4 N–H and O–H groups in total. The van der Waals surface area contributed by atoms with Crippen molar-refractivity contribution in [3.05, 3.63) is 0 Å². The Labute approximate surface area is 224 Å². The Balaban J connectivity index is 1.53. The zero-order valence-corrected chi connectivity index (χ0v) is 21.9. The van der Waals surface area contributed by atoms with Gasteiger partial charge in [0.1, 0.15) is 0 Å². The van der Waals surface area contributed by atoms with Crippen molar-refractivity contribution in [1.29, 1.82) is 0 Å². The summed E-state index contributed by atoms with van der Waals surface area (Å²) >= 11 is 0. The molecule has 0 heterocycles. The molecule has 4 saturated carbocycles. The van der Waals surface area contributed by atoms with E-state index < -0.39 is 70.4 Å². The maximum atomic E-state index is 12.6. The molecule has 0 radical (unpaired) electrons. The molecule has 0 aromatic carbocycles. The fraction of sp³-hybridized carbons (Fsp3) is 0.963. The third-order valence-electron chi connectivity index (χ3n) is 10.2. The van der Waals surface area contributed by atoms with E-state index in [1.54, 1.807) is 12.2 Å². The smallest absolute Gasteiger partial charge is 0.266 e. The normalized spacial score (nSPS) is 55.9. The van der Waals surface area contributed by atoms with Crippen LogP contribution in [0.3, 0.4) is 0 Å². The van der Waals surface area contributed by atoms with Crippen LogP contribution in [0.2, 0.25) is 0 Å². The van der Waals surface area contributed by atoms with E-state index in [1.807, 2.05) is 13.8 Å². The molecule has 4 aliphatic carbocycles. The summed E-state index contributed by atoms with van der Waals surface area (Å²) in [6, 6.07) is 0. The van der Waals surface area contributed by atoms with E-state index >= 15 is 0 Å². The Morgan fingerprint density at radius 2 is 1.86 bits per heavy atom. The highest BCUT2D eigenvalue weighted by molar-refractivity contribution is 7.85. The molecule has 0 bridgehead atoms. The van der Waals surface area contributed by atoms with Crippen molar-refractivity contribution in [3.63, 3.8) is 0 Å². The molecule has 0 saturated heterocycles. The minimum absolute atomic E-state index is 0.0300. The van der Waals surface area contributed by atoms with Crippen molar-refractivity contribution >= 4 is 16.0 Å². The molecule has 4 rings (SSSR count). The van der Waals surface area contributed by atoms with Crippen LogP contribution in [0.1, 0.15) is 97.7 Å². The molecule has 1 amide bonds. The first-order chi connectivity index (χ1) is 19.6. The van der Waals surface area contributed by atoms with Gasteiger partial charge in [-0.3, -0.25) is 9.35 Å². The van der Waals surface area contributed by atoms with Gasteiger partial charge in [-0.2, -0.15) is 8.42 Å². The molecule has 0 aromatic heterocycles. The lowest BCUT2D eigenvalue weighted by Gasteiger charge is -2.64. The van der Waals surface area contributed by atoms with Gasteiger partial charge in [-0.25, -0.2) is 0 Å². The van der Waals surface area contributed by atoms with Gasteiger partial charge in [-0.15, -0.1) is 0 Å². The van der Waals surface area contributed by atoms with Crippen LogP contribution in [0.4, 0.5) is 0 Å². The van der Waals surface area contributed by atoms with Crippen LogP contribution >= 0.6 is 0 Å². The highest BCUT2D eigenvalue weighted by atomic mass is 32.2. The fourth-order valence-corrected chi connectivity index (χ4v) is 8.77. The maximum Gasteiger partial charge on any atom is 0.266 e. The lowest BCUT2D eigenvalue weighted by atomic mass is 9.42. The van der Waals surface area contributed by atoms with E-state index in [0.717, 1.165) is 19.3 Å².